The number of rotatable bonds is 7. The first-order chi connectivity index (χ1) is 18.3. The van der Waals surface area contributed by atoms with Gasteiger partial charge in [-0.2, -0.15) is 4.98 Å². The van der Waals surface area contributed by atoms with Crippen LogP contribution >= 0.6 is 0 Å². The molecule has 5 rings (SSSR count). The minimum Gasteiger partial charge on any atom is -0.483 e. The molecule has 1 N–H and O–H groups in total. The van der Waals surface area contributed by atoms with Crippen LogP contribution in [0.3, 0.4) is 0 Å². The molecule has 196 valence electrons. The number of aromatic nitrogens is 3. The van der Waals surface area contributed by atoms with Crippen molar-refractivity contribution >= 4 is 23.3 Å². The van der Waals surface area contributed by atoms with Crippen molar-refractivity contribution in [2.45, 2.75) is 39.8 Å². The van der Waals surface area contributed by atoms with E-state index in [1.54, 1.807) is 6.20 Å². The second-order valence-electron chi connectivity index (χ2n) is 9.03. The monoisotopic (exact) mass is 518 g/mol. The third kappa shape index (κ3) is 5.22. The van der Waals surface area contributed by atoms with Gasteiger partial charge < -0.3 is 28.6 Å². The van der Waals surface area contributed by atoms with Crippen LogP contribution in [0.1, 0.15) is 29.5 Å². The van der Waals surface area contributed by atoms with Gasteiger partial charge in [-0.1, -0.05) is 18.2 Å². The zero-order valence-corrected chi connectivity index (χ0v) is 21.1. The van der Waals surface area contributed by atoms with Gasteiger partial charge in [-0.15, -0.1) is 0 Å². The fraction of sp³-hybridized carbons (Fsp3) is 0.296. The molecule has 0 bridgehead atoms. The van der Waals surface area contributed by atoms with Crippen molar-refractivity contribution in [3.63, 3.8) is 0 Å². The lowest BCUT2D eigenvalue weighted by Gasteiger charge is -2.23. The average molecular weight is 519 g/mol. The quantitative estimate of drug-likeness (QED) is 0.332. The van der Waals surface area contributed by atoms with E-state index in [1.165, 1.54) is 4.90 Å². The molecule has 0 saturated carbocycles. The van der Waals surface area contributed by atoms with Gasteiger partial charge in [-0.3, -0.25) is 4.79 Å². The number of hydrogen-bond acceptors (Lipinski definition) is 9. The van der Waals surface area contributed by atoms with E-state index in [2.05, 4.69) is 15.0 Å². The molecule has 1 fully saturated rings. The van der Waals surface area contributed by atoms with Crippen LogP contribution in [0.4, 0.5) is 4.79 Å². The number of fused-ring (bicyclic) bond motifs is 1. The molecule has 1 saturated heterocycles. The smallest absolute Gasteiger partial charge is 0.483 e. The summed E-state index contributed by atoms with van der Waals surface area (Å²) in [5, 5.41) is 8.89. The topological polar surface area (TPSA) is 137 Å². The fourth-order valence-corrected chi connectivity index (χ4v) is 4.44. The summed E-state index contributed by atoms with van der Waals surface area (Å²) in [6.45, 7) is 5.85. The molecule has 0 unspecified atom stereocenters. The molecule has 3 heterocycles. The molecule has 0 radical (unpaired) electrons. The molecule has 1 atom stereocenters. The van der Waals surface area contributed by atoms with Crippen molar-refractivity contribution in [1.82, 2.24) is 19.9 Å². The molecule has 11 nitrogen and oxygen atoms in total. The highest BCUT2D eigenvalue weighted by atomic mass is 16.7. The van der Waals surface area contributed by atoms with Gasteiger partial charge in [-0.25, -0.2) is 14.8 Å². The average Bonchev–Trinajstić information content (AvgIpc) is 3.51. The maximum absolute atomic E-state index is 12.7. The Morgan fingerprint density at radius 1 is 1.11 bits per heavy atom. The molecule has 4 aromatic rings. The van der Waals surface area contributed by atoms with E-state index in [1.807, 2.05) is 57.2 Å². The number of oxazole rings is 1. The Balaban J connectivity index is 1.31. The Hall–Kier alpha value is -4.67. The standard InChI is InChI=1S/C27H26N4O7/c1-15-7-4-5-8-20(15)36-26-28-13-19-25(30-26)38-24(29-19)18-11-16(2)23(17(3)12-18)35-14-21(32)31-10-6-9-22(31)37-27(33)34/h4-5,7-8,11-13,22H,6,9-10,14H2,1-3H3,(H,33,34)/t22-/m0/s1. The molecule has 0 aliphatic carbocycles. The predicted molar refractivity (Wildman–Crippen MR) is 135 cm³/mol. The van der Waals surface area contributed by atoms with Crippen LogP contribution in [-0.2, 0) is 9.53 Å². The highest BCUT2D eigenvalue weighted by Crippen LogP contribution is 2.32. The number of aryl methyl sites for hydroxylation is 3. The molecular weight excluding hydrogens is 492 g/mol. The highest BCUT2D eigenvalue weighted by Gasteiger charge is 2.32. The van der Waals surface area contributed by atoms with Crippen LogP contribution in [0.25, 0.3) is 22.7 Å². The number of nitrogens with zero attached hydrogens (tertiary/aromatic N) is 4. The molecule has 1 amide bonds. The van der Waals surface area contributed by atoms with Crippen LogP contribution in [0.2, 0.25) is 0 Å². The van der Waals surface area contributed by atoms with Gasteiger partial charge in [0, 0.05) is 18.5 Å². The summed E-state index contributed by atoms with van der Waals surface area (Å²) in [6.07, 6.45) is 0.506. The number of para-hydroxylation sites is 1. The first kappa shape index (κ1) is 25.0. The van der Waals surface area contributed by atoms with Crippen molar-refractivity contribution in [2.75, 3.05) is 13.2 Å². The second kappa shape index (κ2) is 10.4. The van der Waals surface area contributed by atoms with Crippen molar-refractivity contribution in [2.24, 2.45) is 0 Å². The molecule has 1 aliphatic rings. The predicted octanol–water partition coefficient (Wildman–Crippen LogP) is 5.02. The van der Waals surface area contributed by atoms with Gasteiger partial charge in [0.25, 0.3) is 11.6 Å². The van der Waals surface area contributed by atoms with Gasteiger partial charge in [0.2, 0.25) is 5.89 Å². The van der Waals surface area contributed by atoms with Crippen LogP contribution < -0.4 is 9.47 Å². The van der Waals surface area contributed by atoms with E-state index in [0.717, 1.165) is 16.7 Å². The Bertz CT molecular complexity index is 1490. The summed E-state index contributed by atoms with van der Waals surface area (Å²) in [7, 11) is 0. The number of hydrogen-bond donors (Lipinski definition) is 1. The summed E-state index contributed by atoms with van der Waals surface area (Å²) >= 11 is 0. The first-order valence-corrected chi connectivity index (χ1v) is 12.1. The SMILES string of the molecule is Cc1ccccc1Oc1ncc2nc(-c3cc(C)c(OCC(=O)N4CCC[C@@H]4OC(=O)O)c(C)c3)oc2n1. The van der Waals surface area contributed by atoms with E-state index in [9.17, 15) is 9.59 Å². The fourth-order valence-electron chi connectivity index (χ4n) is 4.44. The van der Waals surface area contributed by atoms with Crippen molar-refractivity contribution in [1.29, 1.82) is 0 Å². The number of carbonyl (C=O) groups is 2. The van der Waals surface area contributed by atoms with Gasteiger partial charge in [0.05, 0.1) is 6.20 Å². The number of carbonyl (C=O) groups excluding carboxylic acids is 1. The van der Waals surface area contributed by atoms with Gasteiger partial charge in [0.15, 0.2) is 12.8 Å². The second-order valence-corrected chi connectivity index (χ2v) is 9.03. The first-order valence-electron chi connectivity index (χ1n) is 12.1. The molecule has 0 spiro atoms. The number of ether oxygens (including phenoxy) is 3. The van der Waals surface area contributed by atoms with Crippen LogP contribution in [0, 0.1) is 20.8 Å². The highest BCUT2D eigenvalue weighted by molar-refractivity contribution is 5.79. The molecule has 11 heteroatoms. The Labute approximate surface area is 218 Å². The van der Waals surface area contributed by atoms with Crippen LogP contribution in [0.5, 0.6) is 17.5 Å². The zero-order valence-electron chi connectivity index (χ0n) is 21.1. The lowest BCUT2D eigenvalue weighted by molar-refractivity contribution is -0.141. The third-order valence-corrected chi connectivity index (χ3v) is 6.23. The van der Waals surface area contributed by atoms with E-state index in [4.69, 9.17) is 23.7 Å². The molecule has 2 aromatic carbocycles. The Morgan fingerprint density at radius 3 is 2.61 bits per heavy atom. The van der Waals surface area contributed by atoms with Crippen LogP contribution in [-0.4, -0.2) is 56.4 Å². The van der Waals surface area contributed by atoms with Crippen molar-refractivity contribution in [3.8, 4) is 29.0 Å². The maximum Gasteiger partial charge on any atom is 0.507 e. The number of likely N-dealkylation sites (tertiary alicyclic amines) is 1. The lowest BCUT2D eigenvalue weighted by atomic mass is 10.1. The van der Waals surface area contributed by atoms with Gasteiger partial charge >= 0.3 is 12.2 Å². The Kier molecular flexibility index (Phi) is 6.82. The van der Waals surface area contributed by atoms with Crippen molar-refractivity contribution < 1.29 is 33.3 Å². The van der Waals surface area contributed by atoms with E-state index in [-0.39, 0.29) is 18.5 Å². The molecule has 1 aliphatic heterocycles. The summed E-state index contributed by atoms with van der Waals surface area (Å²) in [5.74, 6) is 1.24. The maximum atomic E-state index is 12.7. The van der Waals surface area contributed by atoms with Crippen molar-refractivity contribution in [3.05, 3.63) is 59.3 Å². The largest absolute Gasteiger partial charge is 0.507 e. The number of benzene rings is 2. The summed E-state index contributed by atoms with van der Waals surface area (Å²) < 4.78 is 22.4. The summed E-state index contributed by atoms with van der Waals surface area (Å²) in [4.78, 5) is 38.0. The van der Waals surface area contributed by atoms with Gasteiger partial charge in [-0.05, 0) is 62.1 Å². The minimum atomic E-state index is -1.40. The number of carboxylic acid groups (broad SMARTS) is 1. The summed E-state index contributed by atoms with van der Waals surface area (Å²) in [6, 6.07) is 11.4. The Morgan fingerprint density at radius 2 is 1.87 bits per heavy atom. The van der Waals surface area contributed by atoms with Gasteiger partial charge in [0.1, 0.15) is 17.0 Å². The minimum absolute atomic E-state index is 0.157. The van der Waals surface area contributed by atoms with E-state index >= 15 is 0 Å². The van der Waals surface area contributed by atoms with Crippen LogP contribution in [0.15, 0.2) is 47.0 Å². The third-order valence-electron chi connectivity index (χ3n) is 6.23. The summed E-state index contributed by atoms with van der Waals surface area (Å²) in [5.41, 5.74) is 4.02. The lowest BCUT2D eigenvalue weighted by Crippen LogP contribution is -2.40. The molecule has 2 aromatic heterocycles. The van der Waals surface area contributed by atoms with E-state index < -0.39 is 12.4 Å². The molecular formula is C27H26N4O7. The zero-order chi connectivity index (χ0) is 26.8. The number of amides is 1. The van der Waals surface area contributed by atoms with E-state index in [0.29, 0.717) is 53.6 Å². The molecule has 38 heavy (non-hydrogen) atoms. The normalized spacial score (nSPS) is 15.0.